The summed E-state index contributed by atoms with van der Waals surface area (Å²) in [6, 6.07) is 8.32. The highest BCUT2D eigenvalue weighted by Gasteiger charge is 2.17. The SMILES string of the molecule is Cc1cc(C(=O)N(C)Cc2ccc(Br)s2)ccc1[N+](=O)[O-]. The van der Waals surface area contributed by atoms with Gasteiger partial charge >= 0.3 is 0 Å². The number of hydrogen-bond acceptors (Lipinski definition) is 4. The van der Waals surface area contributed by atoms with E-state index in [9.17, 15) is 14.9 Å². The van der Waals surface area contributed by atoms with Crippen molar-refractivity contribution >= 4 is 38.9 Å². The van der Waals surface area contributed by atoms with Gasteiger partial charge in [0.15, 0.2) is 0 Å². The summed E-state index contributed by atoms with van der Waals surface area (Å²) in [6.45, 7) is 2.14. The van der Waals surface area contributed by atoms with E-state index in [0.717, 1.165) is 8.66 Å². The predicted octanol–water partition coefficient (Wildman–Crippen LogP) is 4.00. The summed E-state index contributed by atoms with van der Waals surface area (Å²) < 4.78 is 1.02. The van der Waals surface area contributed by atoms with Crippen molar-refractivity contribution in [2.45, 2.75) is 13.5 Å². The second-order valence-electron chi connectivity index (χ2n) is 4.63. The number of amides is 1. The van der Waals surface area contributed by atoms with E-state index in [-0.39, 0.29) is 11.6 Å². The maximum absolute atomic E-state index is 12.3. The van der Waals surface area contributed by atoms with Gasteiger partial charge in [-0.1, -0.05) is 0 Å². The average molecular weight is 369 g/mol. The summed E-state index contributed by atoms with van der Waals surface area (Å²) in [4.78, 5) is 25.3. The highest BCUT2D eigenvalue weighted by molar-refractivity contribution is 9.11. The molecule has 0 unspecified atom stereocenters. The second-order valence-corrected chi connectivity index (χ2v) is 7.17. The largest absolute Gasteiger partial charge is 0.337 e. The molecule has 1 heterocycles. The first kappa shape index (κ1) is 15.7. The molecule has 1 aromatic heterocycles. The molecule has 0 fully saturated rings. The molecule has 7 heteroatoms. The lowest BCUT2D eigenvalue weighted by Gasteiger charge is -2.16. The van der Waals surface area contributed by atoms with Gasteiger partial charge in [-0.15, -0.1) is 11.3 Å². The summed E-state index contributed by atoms with van der Waals surface area (Å²) in [5, 5.41) is 10.8. The van der Waals surface area contributed by atoms with Gasteiger partial charge in [0.2, 0.25) is 0 Å². The van der Waals surface area contributed by atoms with Gasteiger partial charge < -0.3 is 4.90 Å². The summed E-state index contributed by atoms with van der Waals surface area (Å²) in [7, 11) is 1.71. The van der Waals surface area contributed by atoms with Gasteiger partial charge in [0, 0.05) is 29.1 Å². The molecule has 2 rings (SSSR count). The van der Waals surface area contributed by atoms with Crippen LogP contribution >= 0.6 is 27.3 Å². The van der Waals surface area contributed by atoms with Crippen LogP contribution in [0, 0.1) is 17.0 Å². The van der Waals surface area contributed by atoms with E-state index < -0.39 is 4.92 Å². The zero-order valence-electron chi connectivity index (χ0n) is 11.5. The van der Waals surface area contributed by atoms with Gasteiger partial charge in [-0.25, -0.2) is 0 Å². The maximum atomic E-state index is 12.3. The molecule has 0 spiro atoms. The molecule has 0 atom stereocenters. The van der Waals surface area contributed by atoms with Crippen molar-refractivity contribution in [3.05, 3.63) is 60.2 Å². The molecule has 0 bridgehead atoms. The number of aryl methyl sites for hydroxylation is 1. The van der Waals surface area contributed by atoms with Crippen molar-refractivity contribution in [3.8, 4) is 0 Å². The van der Waals surface area contributed by atoms with Gasteiger partial charge in [0.1, 0.15) is 0 Å². The molecule has 0 aliphatic heterocycles. The van der Waals surface area contributed by atoms with Crippen LogP contribution < -0.4 is 0 Å². The highest BCUT2D eigenvalue weighted by Crippen LogP contribution is 2.24. The molecular formula is C14H13BrN2O3S. The molecule has 5 nitrogen and oxygen atoms in total. The van der Waals surface area contributed by atoms with Crippen molar-refractivity contribution in [1.29, 1.82) is 0 Å². The monoisotopic (exact) mass is 368 g/mol. The molecular weight excluding hydrogens is 356 g/mol. The Morgan fingerprint density at radius 2 is 2.10 bits per heavy atom. The lowest BCUT2D eigenvalue weighted by molar-refractivity contribution is -0.385. The Hall–Kier alpha value is -1.73. The van der Waals surface area contributed by atoms with Gasteiger partial charge in [0.25, 0.3) is 11.6 Å². The Bertz CT molecular complexity index is 699. The van der Waals surface area contributed by atoms with Crippen molar-refractivity contribution in [2.75, 3.05) is 7.05 Å². The number of carbonyl (C=O) groups is 1. The Kier molecular flexibility index (Phi) is 4.74. The number of benzene rings is 1. The molecule has 0 saturated heterocycles. The summed E-state index contributed by atoms with van der Waals surface area (Å²) in [5.74, 6) is -0.155. The van der Waals surface area contributed by atoms with Gasteiger partial charge in [-0.2, -0.15) is 0 Å². The number of halogens is 1. The summed E-state index contributed by atoms with van der Waals surface area (Å²) >= 11 is 4.96. The fourth-order valence-electron chi connectivity index (χ4n) is 1.96. The maximum Gasteiger partial charge on any atom is 0.272 e. The van der Waals surface area contributed by atoms with E-state index in [4.69, 9.17) is 0 Å². The molecule has 0 aliphatic rings. The van der Waals surface area contributed by atoms with Crippen LogP contribution in [-0.4, -0.2) is 22.8 Å². The highest BCUT2D eigenvalue weighted by atomic mass is 79.9. The third kappa shape index (κ3) is 3.68. The van der Waals surface area contributed by atoms with Crippen LogP contribution in [0.2, 0.25) is 0 Å². The number of hydrogen-bond donors (Lipinski definition) is 0. The van der Waals surface area contributed by atoms with Gasteiger partial charge in [0.05, 0.1) is 15.3 Å². The second kappa shape index (κ2) is 6.36. The normalized spacial score (nSPS) is 10.4. The summed E-state index contributed by atoms with van der Waals surface area (Å²) in [5.41, 5.74) is 0.964. The zero-order chi connectivity index (χ0) is 15.6. The van der Waals surface area contributed by atoms with Crippen LogP contribution in [0.4, 0.5) is 5.69 Å². The van der Waals surface area contributed by atoms with Gasteiger partial charge in [-0.05, 0) is 47.1 Å². The minimum atomic E-state index is -0.448. The first-order valence-corrected chi connectivity index (χ1v) is 7.74. The van der Waals surface area contributed by atoms with Crippen molar-refractivity contribution in [3.63, 3.8) is 0 Å². The van der Waals surface area contributed by atoms with Crippen molar-refractivity contribution in [1.82, 2.24) is 4.90 Å². The minimum absolute atomic E-state index is 0.0244. The smallest absolute Gasteiger partial charge is 0.272 e. The number of nitro groups is 1. The van der Waals surface area contributed by atoms with Crippen LogP contribution in [-0.2, 0) is 6.54 Å². The van der Waals surface area contributed by atoms with Crippen LogP contribution in [0.15, 0.2) is 34.1 Å². The quantitative estimate of drug-likeness (QED) is 0.605. The third-order valence-corrected chi connectivity index (χ3v) is 4.62. The van der Waals surface area contributed by atoms with E-state index in [1.807, 2.05) is 12.1 Å². The van der Waals surface area contributed by atoms with E-state index in [1.54, 1.807) is 36.3 Å². The lowest BCUT2D eigenvalue weighted by atomic mass is 10.1. The first-order valence-electron chi connectivity index (χ1n) is 6.13. The van der Waals surface area contributed by atoms with E-state index in [1.165, 1.54) is 12.1 Å². The molecule has 0 N–H and O–H groups in total. The molecule has 21 heavy (non-hydrogen) atoms. The molecule has 1 aromatic carbocycles. The number of thiophene rings is 1. The van der Waals surface area contributed by atoms with Crippen molar-refractivity contribution in [2.24, 2.45) is 0 Å². The molecule has 0 aliphatic carbocycles. The molecule has 0 saturated carbocycles. The fourth-order valence-corrected chi connectivity index (χ4v) is 3.49. The minimum Gasteiger partial charge on any atom is -0.337 e. The van der Waals surface area contributed by atoms with Crippen molar-refractivity contribution < 1.29 is 9.72 Å². The fraction of sp³-hybridized carbons (Fsp3) is 0.214. The van der Waals surface area contributed by atoms with Crippen LogP contribution in [0.1, 0.15) is 20.8 Å². The number of carbonyl (C=O) groups excluding carboxylic acids is 1. The Balaban J connectivity index is 2.15. The molecule has 2 aromatic rings. The number of rotatable bonds is 4. The topological polar surface area (TPSA) is 63.5 Å². The zero-order valence-corrected chi connectivity index (χ0v) is 13.9. The van der Waals surface area contributed by atoms with E-state index in [0.29, 0.717) is 17.7 Å². The average Bonchev–Trinajstić information content (AvgIpc) is 2.82. The molecule has 110 valence electrons. The molecule has 0 radical (unpaired) electrons. The van der Waals surface area contributed by atoms with Crippen LogP contribution in [0.3, 0.4) is 0 Å². The van der Waals surface area contributed by atoms with E-state index in [2.05, 4.69) is 15.9 Å². The number of nitrogens with zero attached hydrogens (tertiary/aromatic N) is 2. The van der Waals surface area contributed by atoms with Crippen LogP contribution in [0.25, 0.3) is 0 Å². The standard InChI is InChI=1S/C14H13BrN2O3S/c1-9-7-10(3-5-12(9)17(19)20)14(18)16(2)8-11-4-6-13(15)21-11/h3-7H,8H2,1-2H3. The first-order chi connectivity index (χ1) is 9.88. The van der Waals surface area contributed by atoms with Crippen LogP contribution in [0.5, 0.6) is 0 Å². The lowest BCUT2D eigenvalue weighted by Crippen LogP contribution is -2.25. The third-order valence-electron chi connectivity index (χ3n) is 3.01. The van der Waals surface area contributed by atoms with E-state index >= 15 is 0 Å². The Morgan fingerprint density at radius 3 is 2.62 bits per heavy atom. The number of nitro benzene ring substituents is 1. The Morgan fingerprint density at radius 1 is 1.38 bits per heavy atom. The predicted molar refractivity (Wildman–Crippen MR) is 85.6 cm³/mol. The summed E-state index contributed by atoms with van der Waals surface area (Å²) in [6.07, 6.45) is 0. The molecule has 1 amide bonds. The van der Waals surface area contributed by atoms with Gasteiger partial charge in [-0.3, -0.25) is 14.9 Å². The Labute approximate surface area is 134 Å².